The van der Waals surface area contributed by atoms with E-state index < -0.39 is 15.6 Å². The molecular formula is C10H12ClNO2S2. The average molecular weight is 278 g/mol. The summed E-state index contributed by atoms with van der Waals surface area (Å²) in [5.41, 5.74) is -0.172. The van der Waals surface area contributed by atoms with Gasteiger partial charge in [-0.15, -0.1) is 17.8 Å². The molecule has 0 fully saturated rings. The molecule has 0 amide bonds. The highest BCUT2D eigenvalue weighted by Gasteiger charge is 2.26. The lowest BCUT2D eigenvalue weighted by molar-refractivity contribution is 0.541. The molecule has 0 aliphatic carbocycles. The Balaban J connectivity index is 3.10. The number of thiophene rings is 1. The summed E-state index contributed by atoms with van der Waals surface area (Å²) >= 11 is 6.85. The van der Waals surface area contributed by atoms with Gasteiger partial charge in [0.2, 0.25) is 0 Å². The summed E-state index contributed by atoms with van der Waals surface area (Å²) in [4.78, 5) is 0. The summed E-state index contributed by atoms with van der Waals surface area (Å²) in [6.07, 6.45) is 5.23. The maximum Gasteiger partial charge on any atom is 0.251 e. The molecule has 0 saturated carbocycles. The number of halogens is 1. The third kappa shape index (κ3) is 2.98. The second kappa shape index (κ2) is 4.38. The minimum absolute atomic E-state index is 0.179. The molecule has 0 spiro atoms. The molecule has 16 heavy (non-hydrogen) atoms. The molecule has 88 valence electrons. The topological polar surface area (TPSA) is 46.2 Å². The Morgan fingerprint density at radius 2 is 2.12 bits per heavy atom. The number of aryl methyl sites for hydroxylation is 1. The smallest absolute Gasteiger partial charge is 0.206 e. The van der Waals surface area contributed by atoms with Crippen molar-refractivity contribution in [3.8, 4) is 12.3 Å². The van der Waals surface area contributed by atoms with Crippen molar-refractivity contribution in [3.05, 3.63) is 16.0 Å². The maximum atomic E-state index is 11.9. The SMILES string of the molecule is C#CC(C)(C)NS(=O)(=O)c1cc(C)c(Cl)s1. The number of hydrogen-bond donors (Lipinski definition) is 1. The molecule has 0 aliphatic rings. The molecule has 1 rings (SSSR count). The minimum Gasteiger partial charge on any atom is -0.206 e. The van der Waals surface area contributed by atoms with Crippen molar-refractivity contribution in [2.75, 3.05) is 0 Å². The van der Waals surface area contributed by atoms with Crippen LogP contribution in [0.5, 0.6) is 0 Å². The lowest BCUT2D eigenvalue weighted by atomic mass is 10.1. The standard InChI is InChI=1S/C10H12ClNO2S2/c1-5-10(3,4)12-16(13,14)8-6-7(2)9(11)15-8/h1,6,12H,2-4H3. The van der Waals surface area contributed by atoms with E-state index in [1.807, 2.05) is 0 Å². The molecule has 6 heteroatoms. The molecule has 0 saturated heterocycles. The zero-order chi connectivity index (χ0) is 12.6. The zero-order valence-electron chi connectivity index (χ0n) is 9.17. The van der Waals surface area contributed by atoms with Gasteiger partial charge >= 0.3 is 0 Å². The molecule has 0 aromatic carbocycles. The van der Waals surface area contributed by atoms with E-state index in [-0.39, 0.29) is 4.21 Å². The van der Waals surface area contributed by atoms with Gasteiger partial charge in [-0.3, -0.25) is 0 Å². The molecule has 1 aromatic heterocycles. The third-order valence-electron chi connectivity index (χ3n) is 1.85. The van der Waals surface area contributed by atoms with E-state index in [4.69, 9.17) is 18.0 Å². The van der Waals surface area contributed by atoms with Crippen LogP contribution < -0.4 is 4.72 Å². The summed E-state index contributed by atoms with van der Waals surface area (Å²) < 4.78 is 26.9. The second-order valence-corrected chi connectivity index (χ2v) is 7.46. The average Bonchev–Trinajstić information content (AvgIpc) is 2.46. The minimum atomic E-state index is -3.59. The fourth-order valence-electron chi connectivity index (χ4n) is 0.980. The van der Waals surface area contributed by atoms with E-state index in [9.17, 15) is 8.42 Å². The molecular weight excluding hydrogens is 266 g/mol. The maximum absolute atomic E-state index is 11.9. The van der Waals surface area contributed by atoms with Gasteiger partial charge in [-0.2, -0.15) is 4.72 Å². The summed E-state index contributed by atoms with van der Waals surface area (Å²) in [6, 6.07) is 1.53. The monoisotopic (exact) mass is 277 g/mol. The fourth-order valence-corrected chi connectivity index (χ4v) is 4.03. The Labute approximate surface area is 105 Å². The van der Waals surface area contributed by atoms with Crippen LogP contribution in [0, 0.1) is 19.3 Å². The first-order valence-electron chi connectivity index (χ1n) is 4.45. The quantitative estimate of drug-likeness (QED) is 0.863. The summed E-state index contributed by atoms with van der Waals surface area (Å²) in [5, 5.41) is 0. The Hall–Kier alpha value is -0.540. The molecule has 1 N–H and O–H groups in total. The van der Waals surface area contributed by atoms with Gasteiger partial charge in [0, 0.05) is 0 Å². The molecule has 0 bridgehead atoms. The molecule has 3 nitrogen and oxygen atoms in total. The van der Waals surface area contributed by atoms with Gasteiger partial charge in [0.25, 0.3) is 10.0 Å². The van der Waals surface area contributed by atoms with Crippen LogP contribution in [0.2, 0.25) is 4.34 Å². The van der Waals surface area contributed by atoms with Crippen LogP contribution in [0.3, 0.4) is 0 Å². The Bertz CT molecular complexity index is 518. The first-order valence-corrected chi connectivity index (χ1v) is 7.13. The summed E-state index contributed by atoms with van der Waals surface area (Å²) in [6.45, 7) is 4.99. The molecule has 0 unspecified atom stereocenters. The number of nitrogens with one attached hydrogen (secondary N) is 1. The zero-order valence-corrected chi connectivity index (χ0v) is 11.6. The van der Waals surface area contributed by atoms with Crippen molar-refractivity contribution in [1.82, 2.24) is 4.72 Å². The number of hydrogen-bond acceptors (Lipinski definition) is 3. The van der Waals surface area contributed by atoms with Crippen LogP contribution in [-0.2, 0) is 10.0 Å². The fraction of sp³-hybridized carbons (Fsp3) is 0.400. The van der Waals surface area contributed by atoms with E-state index in [2.05, 4.69) is 10.6 Å². The number of terminal acetylenes is 1. The first kappa shape index (κ1) is 13.5. The van der Waals surface area contributed by atoms with Gasteiger partial charge in [-0.25, -0.2) is 8.42 Å². The van der Waals surface area contributed by atoms with Crippen LogP contribution in [0.1, 0.15) is 19.4 Å². The van der Waals surface area contributed by atoms with Gasteiger partial charge in [0.05, 0.1) is 9.88 Å². The molecule has 0 atom stereocenters. The van der Waals surface area contributed by atoms with E-state index in [0.29, 0.717) is 4.34 Å². The van der Waals surface area contributed by atoms with Crippen molar-refractivity contribution >= 4 is 33.0 Å². The molecule has 0 radical (unpaired) electrons. The molecule has 1 heterocycles. The molecule has 0 aliphatic heterocycles. The van der Waals surface area contributed by atoms with Gasteiger partial charge in [-0.05, 0) is 32.4 Å². The Kier molecular flexibility index (Phi) is 3.70. The van der Waals surface area contributed by atoms with Crippen LogP contribution in [0.4, 0.5) is 0 Å². The van der Waals surface area contributed by atoms with Gasteiger partial charge in [-0.1, -0.05) is 17.5 Å². The number of sulfonamides is 1. The first-order chi connectivity index (χ1) is 7.18. The van der Waals surface area contributed by atoms with E-state index in [0.717, 1.165) is 16.9 Å². The predicted molar refractivity (Wildman–Crippen MR) is 67.3 cm³/mol. The molecule has 1 aromatic rings. The second-order valence-electron chi connectivity index (χ2n) is 3.90. The van der Waals surface area contributed by atoms with Crippen LogP contribution in [0.25, 0.3) is 0 Å². The summed E-state index contributed by atoms with van der Waals surface area (Å²) in [5.74, 6) is 2.37. The normalized spacial score (nSPS) is 12.4. The Morgan fingerprint density at radius 3 is 2.50 bits per heavy atom. The van der Waals surface area contributed by atoms with Gasteiger partial charge < -0.3 is 0 Å². The third-order valence-corrected chi connectivity index (χ3v) is 5.53. The van der Waals surface area contributed by atoms with Crippen molar-refractivity contribution in [2.45, 2.75) is 30.5 Å². The lowest BCUT2D eigenvalue weighted by Gasteiger charge is -2.18. The lowest BCUT2D eigenvalue weighted by Crippen LogP contribution is -2.41. The largest absolute Gasteiger partial charge is 0.251 e. The summed E-state index contributed by atoms with van der Waals surface area (Å²) in [7, 11) is -3.59. The van der Waals surface area contributed by atoms with E-state index in [1.54, 1.807) is 20.8 Å². The van der Waals surface area contributed by atoms with Gasteiger partial charge in [0.15, 0.2) is 0 Å². The highest BCUT2D eigenvalue weighted by molar-refractivity contribution is 7.91. The van der Waals surface area contributed by atoms with E-state index in [1.165, 1.54) is 6.07 Å². The number of rotatable bonds is 3. The van der Waals surface area contributed by atoms with Crippen molar-refractivity contribution in [2.24, 2.45) is 0 Å². The predicted octanol–water partition coefficient (Wildman–Crippen LogP) is 2.40. The van der Waals surface area contributed by atoms with Crippen LogP contribution >= 0.6 is 22.9 Å². The highest BCUT2D eigenvalue weighted by Crippen LogP contribution is 2.30. The van der Waals surface area contributed by atoms with E-state index >= 15 is 0 Å². The van der Waals surface area contributed by atoms with Crippen molar-refractivity contribution < 1.29 is 8.42 Å². The van der Waals surface area contributed by atoms with Crippen LogP contribution in [0.15, 0.2) is 10.3 Å². The van der Waals surface area contributed by atoms with Gasteiger partial charge in [0.1, 0.15) is 4.21 Å². The van der Waals surface area contributed by atoms with Crippen molar-refractivity contribution in [1.29, 1.82) is 0 Å². The van der Waals surface area contributed by atoms with Crippen LogP contribution in [-0.4, -0.2) is 14.0 Å². The van der Waals surface area contributed by atoms with Crippen molar-refractivity contribution in [3.63, 3.8) is 0 Å². The highest BCUT2D eigenvalue weighted by atomic mass is 35.5. The Morgan fingerprint density at radius 1 is 1.56 bits per heavy atom.